The highest BCUT2D eigenvalue weighted by Gasteiger charge is 2.12. The Morgan fingerprint density at radius 3 is 2.92 bits per heavy atom. The van der Waals surface area contributed by atoms with Crippen molar-refractivity contribution in [2.75, 3.05) is 0 Å². The predicted octanol–water partition coefficient (Wildman–Crippen LogP) is -0.883. The lowest BCUT2D eigenvalue weighted by Gasteiger charge is -1.98. The molecule has 0 aliphatic carbocycles. The zero-order chi connectivity index (χ0) is 8.97. The molecule has 0 aliphatic rings. The minimum Gasteiger partial charge on any atom is -0.338 e. The zero-order valence-electron chi connectivity index (χ0n) is 6.43. The maximum atomic E-state index is 10.1. The van der Waals surface area contributed by atoms with Crippen LogP contribution in [0.2, 0.25) is 0 Å². The molecule has 1 rings (SSSR count). The van der Waals surface area contributed by atoms with Gasteiger partial charge in [-0.2, -0.15) is 4.98 Å². The highest BCUT2D eigenvalue weighted by atomic mass is 16.5. The van der Waals surface area contributed by atoms with E-state index < -0.39 is 6.04 Å². The molecule has 6 nitrogen and oxygen atoms in total. The zero-order valence-corrected chi connectivity index (χ0v) is 6.43. The second kappa shape index (κ2) is 3.93. The Hall–Kier alpha value is -1.27. The summed E-state index contributed by atoms with van der Waals surface area (Å²) in [5.41, 5.74) is 10.7. The van der Waals surface area contributed by atoms with Gasteiger partial charge >= 0.3 is 0 Å². The summed E-state index contributed by atoms with van der Waals surface area (Å²) in [6.45, 7) is 0.206. The van der Waals surface area contributed by atoms with Crippen LogP contribution in [0.3, 0.4) is 0 Å². The Morgan fingerprint density at radius 2 is 2.42 bits per heavy atom. The molecule has 0 aromatic carbocycles. The standard InChI is InChI=1S/C6H10N4O2/c7-3-5-9-6(12-10-5)4(8)1-2-11/h2,4H,1,3,7-8H2/t4-/m1/s1. The third kappa shape index (κ3) is 1.86. The molecular formula is C6H10N4O2. The van der Waals surface area contributed by atoms with Crippen LogP contribution in [0.4, 0.5) is 0 Å². The lowest BCUT2D eigenvalue weighted by molar-refractivity contribution is -0.108. The fraction of sp³-hybridized carbons (Fsp3) is 0.500. The van der Waals surface area contributed by atoms with Crippen LogP contribution in [0, 0.1) is 0 Å². The summed E-state index contributed by atoms with van der Waals surface area (Å²) >= 11 is 0. The second-order valence-electron chi connectivity index (χ2n) is 2.26. The first-order valence-corrected chi connectivity index (χ1v) is 3.49. The third-order valence-corrected chi connectivity index (χ3v) is 1.33. The number of hydrogen-bond acceptors (Lipinski definition) is 6. The number of nitrogens with zero attached hydrogens (tertiary/aromatic N) is 2. The van der Waals surface area contributed by atoms with Gasteiger partial charge in [-0.05, 0) is 0 Å². The molecule has 1 aromatic rings. The fourth-order valence-electron chi connectivity index (χ4n) is 0.705. The summed E-state index contributed by atoms with van der Waals surface area (Å²) in [4.78, 5) is 13.9. The third-order valence-electron chi connectivity index (χ3n) is 1.33. The van der Waals surface area contributed by atoms with Gasteiger partial charge in [0.15, 0.2) is 5.82 Å². The van der Waals surface area contributed by atoms with Gasteiger partial charge in [-0.1, -0.05) is 5.16 Å². The molecule has 1 atom stereocenters. The van der Waals surface area contributed by atoms with Crippen molar-refractivity contribution in [2.45, 2.75) is 19.0 Å². The first-order valence-electron chi connectivity index (χ1n) is 3.49. The fourth-order valence-corrected chi connectivity index (χ4v) is 0.705. The Labute approximate surface area is 68.9 Å². The molecule has 6 heteroatoms. The molecule has 0 radical (unpaired) electrons. The van der Waals surface area contributed by atoms with Gasteiger partial charge in [0.2, 0.25) is 5.89 Å². The maximum absolute atomic E-state index is 10.1. The van der Waals surface area contributed by atoms with Crippen LogP contribution in [0.1, 0.15) is 24.2 Å². The Kier molecular flexibility index (Phi) is 2.89. The van der Waals surface area contributed by atoms with E-state index in [0.29, 0.717) is 12.1 Å². The Balaban J connectivity index is 2.67. The van der Waals surface area contributed by atoms with Crippen molar-refractivity contribution in [1.29, 1.82) is 0 Å². The quantitative estimate of drug-likeness (QED) is 0.568. The first-order chi connectivity index (χ1) is 5.77. The molecule has 0 amide bonds. The van der Waals surface area contributed by atoms with Crippen LogP contribution in [0.5, 0.6) is 0 Å². The first kappa shape index (κ1) is 8.82. The minimum absolute atomic E-state index is 0.173. The molecule has 12 heavy (non-hydrogen) atoms. The van der Waals surface area contributed by atoms with E-state index in [9.17, 15) is 4.79 Å². The van der Waals surface area contributed by atoms with Crippen LogP contribution in [0.15, 0.2) is 4.52 Å². The highest BCUT2D eigenvalue weighted by Crippen LogP contribution is 2.09. The normalized spacial score (nSPS) is 12.8. The SMILES string of the molecule is NCc1noc([C@H](N)CC=O)n1. The lowest BCUT2D eigenvalue weighted by atomic mass is 10.2. The van der Waals surface area contributed by atoms with Crippen molar-refractivity contribution in [3.05, 3.63) is 11.7 Å². The van der Waals surface area contributed by atoms with E-state index in [0.717, 1.165) is 0 Å². The van der Waals surface area contributed by atoms with E-state index in [-0.39, 0.29) is 18.9 Å². The predicted molar refractivity (Wildman–Crippen MR) is 39.8 cm³/mol. The number of carbonyl (C=O) groups is 1. The van der Waals surface area contributed by atoms with Crippen molar-refractivity contribution in [1.82, 2.24) is 10.1 Å². The summed E-state index contributed by atoms with van der Waals surface area (Å²) < 4.78 is 4.74. The molecule has 0 fully saturated rings. The largest absolute Gasteiger partial charge is 0.338 e. The van der Waals surface area contributed by atoms with Crippen LogP contribution in [-0.2, 0) is 11.3 Å². The number of carbonyl (C=O) groups excluding carboxylic acids is 1. The van der Waals surface area contributed by atoms with Crippen molar-refractivity contribution < 1.29 is 9.32 Å². The topological polar surface area (TPSA) is 108 Å². The molecule has 1 aromatic heterocycles. The molecule has 4 N–H and O–H groups in total. The summed E-state index contributed by atoms with van der Waals surface area (Å²) in [5.74, 6) is 0.647. The van der Waals surface area contributed by atoms with Crippen LogP contribution < -0.4 is 11.5 Å². The number of rotatable bonds is 4. The number of nitrogens with two attached hydrogens (primary N) is 2. The molecule has 0 aliphatic heterocycles. The van der Waals surface area contributed by atoms with Crippen molar-refractivity contribution >= 4 is 6.29 Å². The van der Waals surface area contributed by atoms with Crippen molar-refractivity contribution in [3.8, 4) is 0 Å². The van der Waals surface area contributed by atoms with E-state index in [1.54, 1.807) is 0 Å². The van der Waals surface area contributed by atoms with Gasteiger partial charge in [0.25, 0.3) is 0 Å². The molecule has 1 heterocycles. The lowest BCUT2D eigenvalue weighted by Crippen LogP contribution is -2.11. The molecular weight excluding hydrogens is 160 g/mol. The van der Waals surface area contributed by atoms with Crippen molar-refractivity contribution in [2.24, 2.45) is 11.5 Å². The Bertz CT molecular complexity index is 260. The minimum atomic E-state index is -0.518. The number of aromatic nitrogens is 2. The number of aldehydes is 1. The van der Waals surface area contributed by atoms with E-state index in [1.807, 2.05) is 0 Å². The molecule has 0 unspecified atom stereocenters. The molecule has 0 saturated carbocycles. The molecule has 0 spiro atoms. The van der Waals surface area contributed by atoms with Crippen molar-refractivity contribution in [3.63, 3.8) is 0 Å². The second-order valence-corrected chi connectivity index (χ2v) is 2.26. The molecule has 66 valence electrons. The van der Waals surface area contributed by atoms with Crippen LogP contribution in [0.25, 0.3) is 0 Å². The smallest absolute Gasteiger partial charge is 0.244 e. The Morgan fingerprint density at radius 1 is 1.67 bits per heavy atom. The van der Waals surface area contributed by atoms with Crippen LogP contribution in [-0.4, -0.2) is 16.4 Å². The van der Waals surface area contributed by atoms with Gasteiger partial charge in [0, 0.05) is 6.42 Å². The van der Waals surface area contributed by atoms with E-state index >= 15 is 0 Å². The summed E-state index contributed by atoms with van der Waals surface area (Å²) in [5, 5.41) is 3.53. The van der Waals surface area contributed by atoms with Crippen LogP contribution >= 0.6 is 0 Å². The van der Waals surface area contributed by atoms with E-state index in [4.69, 9.17) is 16.0 Å². The van der Waals surface area contributed by atoms with Gasteiger partial charge < -0.3 is 20.8 Å². The van der Waals surface area contributed by atoms with Gasteiger partial charge in [-0.15, -0.1) is 0 Å². The highest BCUT2D eigenvalue weighted by molar-refractivity contribution is 5.50. The average Bonchev–Trinajstić information content (AvgIpc) is 2.52. The average molecular weight is 170 g/mol. The van der Waals surface area contributed by atoms with Gasteiger partial charge in [0.1, 0.15) is 6.29 Å². The van der Waals surface area contributed by atoms with E-state index in [1.165, 1.54) is 0 Å². The molecule has 0 bridgehead atoms. The summed E-state index contributed by atoms with van der Waals surface area (Å²) in [7, 11) is 0. The number of hydrogen-bond donors (Lipinski definition) is 2. The monoisotopic (exact) mass is 170 g/mol. The van der Waals surface area contributed by atoms with Gasteiger partial charge in [0.05, 0.1) is 12.6 Å². The van der Waals surface area contributed by atoms with Gasteiger partial charge in [-0.25, -0.2) is 0 Å². The van der Waals surface area contributed by atoms with Gasteiger partial charge in [-0.3, -0.25) is 0 Å². The summed E-state index contributed by atoms with van der Waals surface area (Å²) in [6, 6.07) is -0.518. The summed E-state index contributed by atoms with van der Waals surface area (Å²) in [6.07, 6.45) is 0.878. The maximum Gasteiger partial charge on any atom is 0.244 e. The molecule has 0 saturated heterocycles. The van der Waals surface area contributed by atoms with E-state index in [2.05, 4.69) is 10.1 Å².